The lowest BCUT2D eigenvalue weighted by atomic mass is 9.83. The second kappa shape index (κ2) is 8.83. The Labute approximate surface area is 179 Å². The quantitative estimate of drug-likeness (QED) is 0.580. The van der Waals surface area contributed by atoms with Gasteiger partial charge in [-0.25, -0.2) is 4.98 Å². The van der Waals surface area contributed by atoms with E-state index >= 15 is 0 Å². The largest absolute Gasteiger partial charge is 0.496 e. The predicted octanol–water partition coefficient (Wildman–Crippen LogP) is 3.59. The molecule has 0 bridgehead atoms. The van der Waals surface area contributed by atoms with E-state index in [0.717, 1.165) is 33.5 Å². The SMILES string of the molecule is COc1ccc(CC2(CCC(=O)NCc3nccs3)CCC(=O)N2)c2ccccc12. The molecule has 30 heavy (non-hydrogen) atoms. The second-order valence-corrected chi connectivity index (χ2v) is 8.66. The van der Waals surface area contributed by atoms with Gasteiger partial charge >= 0.3 is 0 Å². The van der Waals surface area contributed by atoms with Crippen LogP contribution in [0.3, 0.4) is 0 Å². The summed E-state index contributed by atoms with van der Waals surface area (Å²) in [5.41, 5.74) is 0.740. The predicted molar refractivity (Wildman–Crippen MR) is 118 cm³/mol. The van der Waals surface area contributed by atoms with Crippen LogP contribution in [0.1, 0.15) is 36.3 Å². The molecule has 1 aromatic heterocycles. The number of thiazole rings is 1. The molecule has 2 aromatic carbocycles. The zero-order chi connectivity index (χ0) is 21.0. The molecule has 7 heteroatoms. The topological polar surface area (TPSA) is 80.3 Å². The van der Waals surface area contributed by atoms with Crippen LogP contribution >= 0.6 is 11.3 Å². The molecule has 0 saturated carbocycles. The number of ether oxygens (including phenoxy) is 1. The lowest BCUT2D eigenvalue weighted by Gasteiger charge is -2.30. The molecule has 156 valence electrons. The van der Waals surface area contributed by atoms with E-state index in [1.54, 1.807) is 13.3 Å². The van der Waals surface area contributed by atoms with Crippen LogP contribution in [0.2, 0.25) is 0 Å². The number of nitrogens with zero attached hydrogens (tertiary/aromatic N) is 1. The van der Waals surface area contributed by atoms with Crippen LogP contribution in [0.4, 0.5) is 0 Å². The van der Waals surface area contributed by atoms with Crippen molar-refractivity contribution in [2.75, 3.05) is 7.11 Å². The van der Waals surface area contributed by atoms with Crippen molar-refractivity contribution in [3.8, 4) is 5.75 Å². The number of rotatable bonds is 8. The number of amides is 2. The van der Waals surface area contributed by atoms with Crippen molar-refractivity contribution in [2.45, 2.75) is 44.2 Å². The number of fused-ring (bicyclic) bond motifs is 1. The van der Waals surface area contributed by atoms with Crippen molar-refractivity contribution in [3.63, 3.8) is 0 Å². The Bertz CT molecular complexity index is 1050. The maximum atomic E-state index is 12.4. The summed E-state index contributed by atoms with van der Waals surface area (Å²) in [6.07, 6.45) is 4.60. The average molecular weight is 424 g/mol. The molecule has 1 aliphatic rings. The van der Waals surface area contributed by atoms with E-state index in [1.807, 2.05) is 29.6 Å². The van der Waals surface area contributed by atoms with Crippen LogP contribution in [-0.2, 0) is 22.6 Å². The fourth-order valence-corrected chi connectivity index (χ4v) is 4.72. The van der Waals surface area contributed by atoms with Gasteiger partial charge in [-0.05, 0) is 36.3 Å². The molecule has 1 unspecified atom stereocenters. The minimum absolute atomic E-state index is 0.0229. The highest BCUT2D eigenvalue weighted by Crippen LogP contribution is 2.34. The van der Waals surface area contributed by atoms with Crippen LogP contribution in [0.5, 0.6) is 5.75 Å². The van der Waals surface area contributed by atoms with E-state index < -0.39 is 5.54 Å². The molecular weight excluding hydrogens is 398 g/mol. The van der Waals surface area contributed by atoms with Gasteiger partial charge in [0.25, 0.3) is 0 Å². The number of aromatic nitrogens is 1. The highest BCUT2D eigenvalue weighted by atomic mass is 32.1. The van der Waals surface area contributed by atoms with E-state index in [-0.39, 0.29) is 11.8 Å². The van der Waals surface area contributed by atoms with Gasteiger partial charge in [0.05, 0.1) is 13.7 Å². The monoisotopic (exact) mass is 423 g/mol. The minimum atomic E-state index is -0.410. The lowest BCUT2D eigenvalue weighted by molar-refractivity contribution is -0.122. The number of hydrogen-bond acceptors (Lipinski definition) is 5. The van der Waals surface area contributed by atoms with Gasteiger partial charge in [0.2, 0.25) is 11.8 Å². The normalized spacial score (nSPS) is 18.4. The highest BCUT2D eigenvalue weighted by Gasteiger charge is 2.38. The standard InChI is InChI=1S/C23H25N3O3S/c1-29-19-7-6-16(17-4-2-3-5-18(17)19)14-23(11-9-21(28)26-23)10-8-20(27)25-15-22-24-12-13-30-22/h2-7,12-13H,8-11,14-15H2,1H3,(H,25,27)(H,26,28). The first-order valence-electron chi connectivity index (χ1n) is 10.1. The number of carbonyl (C=O) groups is 2. The average Bonchev–Trinajstić information content (AvgIpc) is 3.41. The van der Waals surface area contributed by atoms with Crippen molar-refractivity contribution < 1.29 is 14.3 Å². The Kier molecular flexibility index (Phi) is 5.99. The van der Waals surface area contributed by atoms with Crippen molar-refractivity contribution in [1.82, 2.24) is 15.6 Å². The Morgan fingerprint density at radius 1 is 1.27 bits per heavy atom. The first-order chi connectivity index (χ1) is 14.6. The van der Waals surface area contributed by atoms with Crippen LogP contribution in [-0.4, -0.2) is 29.4 Å². The van der Waals surface area contributed by atoms with E-state index in [4.69, 9.17) is 4.74 Å². The maximum Gasteiger partial charge on any atom is 0.220 e. The van der Waals surface area contributed by atoms with E-state index in [0.29, 0.717) is 32.2 Å². The number of nitrogens with one attached hydrogen (secondary N) is 2. The van der Waals surface area contributed by atoms with Gasteiger partial charge in [-0.15, -0.1) is 11.3 Å². The van der Waals surface area contributed by atoms with Crippen LogP contribution in [0.25, 0.3) is 10.8 Å². The van der Waals surface area contributed by atoms with Gasteiger partial charge in [0, 0.05) is 35.3 Å². The number of methoxy groups -OCH3 is 1. The fourth-order valence-electron chi connectivity index (χ4n) is 4.17. The molecule has 2 heterocycles. The molecule has 4 rings (SSSR count). The second-order valence-electron chi connectivity index (χ2n) is 7.68. The third kappa shape index (κ3) is 4.46. The summed E-state index contributed by atoms with van der Waals surface area (Å²) in [6, 6.07) is 12.2. The Morgan fingerprint density at radius 3 is 2.80 bits per heavy atom. The third-order valence-corrected chi connectivity index (χ3v) is 6.49. The molecule has 6 nitrogen and oxygen atoms in total. The Balaban J connectivity index is 1.50. The summed E-state index contributed by atoms with van der Waals surface area (Å²) in [6.45, 7) is 0.443. The van der Waals surface area contributed by atoms with Crippen molar-refractivity contribution in [3.05, 3.63) is 58.5 Å². The number of benzene rings is 2. The molecule has 2 amide bonds. The third-order valence-electron chi connectivity index (χ3n) is 5.71. The smallest absolute Gasteiger partial charge is 0.220 e. The molecular formula is C23H25N3O3S. The lowest BCUT2D eigenvalue weighted by Crippen LogP contribution is -2.44. The molecule has 0 spiro atoms. The van der Waals surface area contributed by atoms with Crippen molar-refractivity contribution in [1.29, 1.82) is 0 Å². The first kappa shape index (κ1) is 20.3. The summed E-state index contributed by atoms with van der Waals surface area (Å²) < 4.78 is 5.50. The molecule has 1 atom stereocenters. The Hall–Kier alpha value is -2.93. The molecule has 1 saturated heterocycles. The van der Waals surface area contributed by atoms with E-state index in [9.17, 15) is 9.59 Å². The molecule has 0 radical (unpaired) electrons. The molecule has 1 fully saturated rings. The van der Waals surface area contributed by atoms with E-state index in [2.05, 4.69) is 27.8 Å². The fraction of sp³-hybridized carbons (Fsp3) is 0.348. The van der Waals surface area contributed by atoms with Crippen LogP contribution in [0.15, 0.2) is 48.0 Å². The summed E-state index contributed by atoms with van der Waals surface area (Å²) >= 11 is 1.52. The van der Waals surface area contributed by atoms with Gasteiger partial charge in [0.15, 0.2) is 0 Å². The molecule has 0 aliphatic carbocycles. The van der Waals surface area contributed by atoms with Crippen molar-refractivity contribution >= 4 is 33.9 Å². The molecule has 3 aromatic rings. The highest BCUT2D eigenvalue weighted by molar-refractivity contribution is 7.09. The summed E-state index contributed by atoms with van der Waals surface area (Å²) in [5, 5.41) is 11.0. The first-order valence-corrected chi connectivity index (χ1v) is 11.0. The minimum Gasteiger partial charge on any atom is -0.496 e. The zero-order valence-corrected chi connectivity index (χ0v) is 17.8. The number of hydrogen-bond donors (Lipinski definition) is 2. The zero-order valence-electron chi connectivity index (χ0n) is 16.9. The molecule has 2 N–H and O–H groups in total. The van der Waals surface area contributed by atoms with Crippen LogP contribution < -0.4 is 15.4 Å². The van der Waals surface area contributed by atoms with Gasteiger partial charge < -0.3 is 15.4 Å². The maximum absolute atomic E-state index is 12.4. The summed E-state index contributed by atoms with van der Waals surface area (Å²) in [4.78, 5) is 28.7. The van der Waals surface area contributed by atoms with Gasteiger partial charge in [-0.2, -0.15) is 0 Å². The summed E-state index contributed by atoms with van der Waals surface area (Å²) in [7, 11) is 1.67. The van der Waals surface area contributed by atoms with Gasteiger partial charge in [0.1, 0.15) is 10.8 Å². The Morgan fingerprint density at radius 2 is 2.10 bits per heavy atom. The van der Waals surface area contributed by atoms with E-state index in [1.165, 1.54) is 11.3 Å². The van der Waals surface area contributed by atoms with Gasteiger partial charge in [-0.3, -0.25) is 9.59 Å². The number of carbonyl (C=O) groups excluding carboxylic acids is 2. The van der Waals surface area contributed by atoms with Crippen molar-refractivity contribution in [2.24, 2.45) is 0 Å². The van der Waals surface area contributed by atoms with Gasteiger partial charge in [-0.1, -0.05) is 30.3 Å². The molecule has 1 aliphatic heterocycles. The summed E-state index contributed by atoms with van der Waals surface area (Å²) in [5.74, 6) is 0.863. The van der Waals surface area contributed by atoms with Crippen LogP contribution in [0, 0.1) is 0 Å².